The van der Waals surface area contributed by atoms with Gasteiger partial charge in [-0.2, -0.15) is 0 Å². The van der Waals surface area contributed by atoms with E-state index in [4.69, 9.17) is 5.11 Å². The lowest BCUT2D eigenvalue weighted by atomic mass is 10.1. The molecule has 0 amide bonds. The average Bonchev–Trinajstić information content (AvgIpc) is 2.04. The minimum Gasteiger partial charge on any atom is -0.396 e. The SMILES string of the molecule is OCCC(O)c1ccc(F)cc1Br. The molecule has 1 atom stereocenters. The molecule has 0 heterocycles. The van der Waals surface area contributed by atoms with Gasteiger partial charge in [-0.1, -0.05) is 22.0 Å². The zero-order valence-electron chi connectivity index (χ0n) is 6.87. The van der Waals surface area contributed by atoms with Crippen LogP contribution in [0.1, 0.15) is 18.1 Å². The Bertz CT molecular complexity index is 291. The van der Waals surface area contributed by atoms with E-state index in [9.17, 15) is 9.50 Å². The Balaban J connectivity index is 2.88. The molecule has 1 aromatic carbocycles. The number of halogens is 2. The molecule has 0 fully saturated rings. The maximum absolute atomic E-state index is 12.6. The number of benzene rings is 1. The van der Waals surface area contributed by atoms with Crippen molar-refractivity contribution >= 4 is 15.9 Å². The van der Waals surface area contributed by atoms with Gasteiger partial charge < -0.3 is 10.2 Å². The van der Waals surface area contributed by atoms with E-state index in [1.165, 1.54) is 18.2 Å². The molecule has 0 bridgehead atoms. The van der Waals surface area contributed by atoms with Gasteiger partial charge in [0.15, 0.2) is 0 Å². The first-order valence-corrected chi connectivity index (χ1v) is 4.68. The Hall–Kier alpha value is -0.450. The summed E-state index contributed by atoms with van der Waals surface area (Å²) in [5.41, 5.74) is 0.593. The monoisotopic (exact) mass is 248 g/mol. The molecule has 0 spiro atoms. The van der Waals surface area contributed by atoms with Crippen LogP contribution in [0.5, 0.6) is 0 Å². The summed E-state index contributed by atoms with van der Waals surface area (Å²) in [5, 5.41) is 18.1. The third kappa shape index (κ3) is 2.76. The Labute approximate surface area is 84.1 Å². The van der Waals surface area contributed by atoms with Crippen LogP contribution < -0.4 is 0 Å². The van der Waals surface area contributed by atoms with Crippen molar-refractivity contribution in [2.24, 2.45) is 0 Å². The quantitative estimate of drug-likeness (QED) is 0.860. The van der Waals surface area contributed by atoms with E-state index in [0.717, 1.165) is 0 Å². The van der Waals surface area contributed by atoms with Gasteiger partial charge in [-0.25, -0.2) is 4.39 Å². The molecule has 4 heteroatoms. The molecule has 1 rings (SSSR count). The Morgan fingerprint density at radius 3 is 2.69 bits per heavy atom. The number of aliphatic hydroxyl groups excluding tert-OH is 2. The van der Waals surface area contributed by atoms with Gasteiger partial charge in [0, 0.05) is 17.5 Å². The highest BCUT2D eigenvalue weighted by atomic mass is 79.9. The van der Waals surface area contributed by atoms with Crippen molar-refractivity contribution in [3.63, 3.8) is 0 Å². The van der Waals surface area contributed by atoms with E-state index in [2.05, 4.69) is 15.9 Å². The van der Waals surface area contributed by atoms with Gasteiger partial charge >= 0.3 is 0 Å². The fourth-order valence-corrected chi connectivity index (χ4v) is 1.66. The predicted octanol–water partition coefficient (Wildman–Crippen LogP) is 2.00. The van der Waals surface area contributed by atoms with E-state index in [-0.39, 0.29) is 18.8 Å². The highest BCUT2D eigenvalue weighted by Gasteiger charge is 2.10. The molecule has 0 aliphatic carbocycles. The van der Waals surface area contributed by atoms with Crippen LogP contribution in [0, 0.1) is 5.82 Å². The molecular formula is C9H10BrFO2. The van der Waals surface area contributed by atoms with Crippen LogP contribution in [0.2, 0.25) is 0 Å². The van der Waals surface area contributed by atoms with Crippen LogP contribution in [0.3, 0.4) is 0 Å². The second-order valence-corrected chi connectivity index (χ2v) is 3.55. The standard InChI is InChI=1S/C9H10BrFO2/c10-8-5-6(11)1-2-7(8)9(13)3-4-12/h1-2,5,9,12-13H,3-4H2. The molecular weight excluding hydrogens is 239 g/mol. The largest absolute Gasteiger partial charge is 0.396 e. The first kappa shape index (κ1) is 10.6. The number of rotatable bonds is 3. The summed E-state index contributed by atoms with van der Waals surface area (Å²) in [5.74, 6) is -0.355. The highest BCUT2D eigenvalue weighted by molar-refractivity contribution is 9.10. The average molecular weight is 249 g/mol. The summed E-state index contributed by atoms with van der Waals surface area (Å²) in [7, 11) is 0. The Morgan fingerprint density at radius 1 is 1.46 bits per heavy atom. The van der Waals surface area contributed by atoms with Crippen LogP contribution in [0.4, 0.5) is 4.39 Å². The topological polar surface area (TPSA) is 40.5 Å². The Morgan fingerprint density at radius 2 is 2.15 bits per heavy atom. The van der Waals surface area contributed by atoms with Gasteiger partial charge in [0.2, 0.25) is 0 Å². The van der Waals surface area contributed by atoms with Crippen LogP contribution in [0.15, 0.2) is 22.7 Å². The summed E-state index contributed by atoms with van der Waals surface area (Å²) in [6, 6.07) is 4.07. The van der Waals surface area contributed by atoms with Gasteiger partial charge in [0.05, 0.1) is 6.10 Å². The van der Waals surface area contributed by atoms with Gasteiger partial charge in [0.1, 0.15) is 5.82 Å². The van der Waals surface area contributed by atoms with Crippen molar-refractivity contribution in [1.82, 2.24) is 0 Å². The van der Waals surface area contributed by atoms with Gasteiger partial charge in [-0.3, -0.25) is 0 Å². The number of aliphatic hydroxyl groups is 2. The number of hydrogen-bond donors (Lipinski definition) is 2. The molecule has 0 radical (unpaired) electrons. The molecule has 2 N–H and O–H groups in total. The highest BCUT2D eigenvalue weighted by Crippen LogP contribution is 2.25. The van der Waals surface area contributed by atoms with Crippen LogP contribution in [-0.2, 0) is 0 Å². The summed E-state index contributed by atoms with van der Waals surface area (Å²) in [6.07, 6.45) is -0.496. The summed E-state index contributed by atoms with van der Waals surface area (Å²) >= 11 is 3.14. The van der Waals surface area contributed by atoms with Crippen molar-refractivity contribution in [1.29, 1.82) is 0 Å². The Kier molecular flexibility index (Phi) is 3.84. The molecule has 72 valence electrons. The van der Waals surface area contributed by atoms with E-state index in [1.54, 1.807) is 0 Å². The molecule has 2 nitrogen and oxygen atoms in total. The molecule has 0 saturated heterocycles. The van der Waals surface area contributed by atoms with Crippen molar-refractivity contribution in [3.05, 3.63) is 34.1 Å². The molecule has 0 aliphatic heterocycles. The fraction of sp³-hybridized carbons (Fsp3) is 0.333. The van der Waals surface area contributed by atoms with Gasteiger partial charge in [-0.15, -0.1) is 0 Å². The zero-order chi connectivity index (χ0) is 9.84. The lowest BCUT2D eigenvalue weighted by Gasteiger charge is -2.10. The molecule has 0 saturated carbocycles. The van der Waals surface area contributed by atoms with Gasteiger partial charge in [-0.05, 0) is 17.7 Å². The minimum atomic E-state index is -0.750. The van der Waals surface area contributed by atoms with Crippen molar-refractivity contribution < 1.29 is 14.6 Å². The summed E-state index contributed by atoms with van der Waals surface area (Å²) in [6.45, 7) is -0.0923. The van der Waals surface area contributed by atoms with Crippen molar-refractivity contribution in [2.75, 3.05) is 6.61 Å². The first-order valence-electron chi connectivity index (χ1n) is 3.89. The van der Waals surface area contributed by atoms with E-state index in [0.29, 0.717) is 10.0 Å². The summed E-state index contributed by atoms with van der Waals surface area (Å²) in [4.78, 5) is 0. The van der Waals surface area contributed by atoms with E-state index >= 15 is 0 Å². The second kappa shape index (κ2) is 4.69. The normalized spacial score (nSPS) is 12.9. The van der Waals surface area contributed by atoms with E-state index < -0.39 is 6.10 Å². The minimum absolute atomic E-state index is 0.0923. The van der Waals surface area contributed by atoms with Crippen molar-refractivity contribution in [2.45, 2.75) is 12.5 Å². The first-order chi connectivity index (χ1) is 6.15. The van der Waals surface area contributed by atoms with Crippen LogP contribution >= 0.6 is 15.9 Å². The van der Waals surface area contributed by atoms with E-state index in [1.807, 2.05) is 0 Å². The van der Waals surface area contributed by atoms with Crippen molar-refractivity contribution in [3.8, 4) is 0 Å². The smallest absolute Gasteiger partial charge is 0.124 e. The molecule has 1 unspecified atom stereocenters. The maximum Gasteiger partial charge on any atom is 0.124 e. The fourth-order valence-electron chi connectivity index (χ4n) is 1.05. The molecule has 13 heavy (non-hydrogen) atoms. The lowest BCUT2D eigenvalue weighted by Crippen LogP contribution is -2.01. The summed E-state index contributed by atoms with van der Waals surface area (Å²) < 4.78 is 13.2. The lowest BCUT2D eigenvalue weighted by molar-refractivity contribution is 0.133. The zero-order valence-corrected chi connectivity index (χ0v) is 8.46. The maximum atomic E-state index is 12.6. The van der Waals surface area contributed by atoms with Crippen LogP contribution in [-0.4, -0.2) is 16.8 Å². The van der Waals surface area contributed by atoms with Gasteiger partial charge in [0.25, 0.3) is 0 Å². The molecule has 1 aromatic rings. The second-order valence-electron chi connectivity index (χ2n) is 2.69. The number of hydrogen-bond acceptors (Lipinski definition) is 2. The third-order valence-electron chi connectivity index (χ3n) is 1.72. The molecule has 0 aromatic heterocycles. The van der Waals surface area contributed by atoms with Crippen LogP contribution in [0.25, 0.3) is 0 Å². The molecule has 0 aliphatic rings. The third-order valence-corrected chi connectivity index (χ3v) is 2.41. The predicted molar refractivity (Wildman–Crippen MR) is 50.8 cm³/mol.